The van der Waals surface area contributed by atoms with E-state index in [4.69, 9.17) is 5.84 Å². The third-order valence-electron chi connectivity index (χ3n) is 3.07. The van der Waals surface area contributed by atoms with Crippen LogP contribution in [0.5, 0.6) is 0 Å². The van der Waals surface area contributed by atoms with Crippen molar-refractivity contribution in [1.29, 1.82) is 0 Å². The average Bonchev–Trinajstić information content (AvgIpc) is 2.47. The molecule has 1 heterocycles. The fourth-order valence-corrected chi connectivity index (χ4v) is 3.22. The van der Waals surface area contributed by atoms with Crippen molar-refractivity contribution in [1.82, 2.24) is 9.29 Å². The highest BCUT2D eigenvalue weighted by Crippen LogP contribution is 2.21. The highest BCUT2D eigenvalue weighted by Gasteiger charge is 2.25. The normalized spacial score (nSPS) is 11.6. The van der Waals surface area contributed by atoms with Gasteiger partial charge in [0, 0.05) is 19.8 Å². The van der Waals surface area contributed by atoms with Crippen LogP contribution in [0.2, 0.25) is 0 Å². The second-order valence-corrected chi connectivity index (χ2v) is 6.71. The number of aryl methyl sites for hydroxylation is 1. The molecule has 0 saturated carbocycles. The van der Waals surface area contributed by atoms with Gasteiger partial charge in [0.05, 0.1) is 5.69 Å². The summed E-state index contributed by atoms with van der Waals surface area (Å²) in [6, 6.07) is 10.9. The number of hydrazine groups is 1. The summed E-state index contributed by atoms with van der Waals surface area (Å²) in [6.45, 7) is 2.23. The Kier molecular flexibility index (Phi) is 4.56. The van der Waals surface area contributed by atoms with Crippen LogP contribution in [0, 0.1) is 6.92 Å². The number of nitrogen functional groups attached to an aromatic ring is 1. The lowest BCUT2D eigenvalue weighted by atomic mass is 10.1. The van der Waals surface area contributed by atoms with Crippen molar-refractivity contribution < 1.29 is 8.42 Å². The number of aromatic nitrogens is 1. The predicted molar refractivity (Wildman–Crippen MR) is 81.9 cm³/mol. The Morgan fingerprint density at radius 1 is 1.29 bits per heavy atom. The highest BCUT2D eigenvalue weighted by atomic mass is 32.2. The molecule has 0 spiro atoms. The van der Waals surface area contributed by atoms with E-state index in [9.17, 15) is 8.42 Å². The molecule has 0 aliphatic rings. The molecule has 1 aromatic carbocycles. The molecule has 0 atom stereocenters. The van der Waals surface area contributed by atoms with Crippen molar-refractivity contribution in [2.75, 3.05) is 12.5 Å². The molecule has 0 unspecified atom stereocenters. The smallest absolute Gasteiger partial charge is 0.262 e. The molecular formula is C14H18N4O2S. The molecule has 2 rings (SSSR count). The highest BCUT2D eigenvalue weighted by molar-refractivity contribution is 7.89. The Hall–Kier alpha value is -1.96. The fraction of sp³-hybridized carbons (Fsp3) is 0.214. The number of nitrogens with zero attached hydrogens (tertiary/aromatic N) is 2. The molecule has 0 aliphatic carbocycles. The van der Waals surface area contributed by atoms with Crippen LogP contribution in [-0.2, 0) is 16.6 Å². The third kappa shape index (κ3) is 3.38. The summed E-state index contributed by atoms with van der Waals surface area (Å²) in [6.07, 6.45) is 1.42. The van der Waals surface area contributed by atoms with Crippen LogP contribution in [-0.4, -0.2) is 24.8 Å². The molecule has 21 heavy (non-hydrogen) atoms. The van der Waals surface area contributed by atoms with E-state index in [2.05, 4.69) is 10.4 Å². The Labute approximate surface area is 124 Å². The molecule has 7 heteroatoms. The van der Waals surface area contributed by atoms with Crippen molar-refractivity contribution in [3.63, 3.8) is 0 Å². The van der Waals surface area contributed by atoms with Gasteiger partial charge in [-0.3, -0.25) is 5.84 Å². The number of nitrogens with two attached hydrogens (primary N) is 1. The van der Waals surface area contributed by atoms with Gasteiger partial charge in [-0.15, -0.1) is 0 Å². The second kappa shape index (κ2) is 6.21. The van der Waals surface area contributed by atoms with Crippen LogP contribution >= 0.6 is 0 Å². The Balaban J connectivity index is 2.31. The minimum absolute atomic E-state index is 0.0809. The van der Waals surface area contributed by atoms with E-state index in [0.29, 0.717) is 0 Å². The van der Waals surface area contributed by atoms with Crippen molar-refractivity contribution in [2.45, 2.75) is 18.5 Å². The van der Waals surface area contributed by atoms with E-state index in [1.165, 1.54) is 17.5 Å². The maximum Gasteiger partial charge on any atom is 0.262 e. The van der Waals surface area contributed by atoms with Gasteiger partial charge >= 0.3 is 0 Å². The molecule has 6 nitrogen and oxygen atoms in total. The Morgan fingerprint density at radius 3 is 2.71 bits per heavy atom. The number of anilines is 1. The second-order valence-electron chi connectivity index (χ2n) is 4.75. The van der Waals surface area contributed by atoms with Gasteiger partial charge in [0.15, 0.2) is 5.03 Å². The quantitative estimate of drug-likeness (QED) is 0.645. The van der Waals surface area contributed by atoms with Gasteiger partial charge in [0.1, 0.15) is 0 Å². The summed E-state index contributed by atoms with van der Waals surface area (Å²) < 4.78 is 26.4. The molecule has 0 fully saturated rings. The van der Waals surface area contributed by atoms with Gasteiger partial charge in [-0.1, -0.05) is 29.8 Å². The SMILES string of the molecule is Cc1cccc(CN(C)S(=O)(=O)c2ncccc2NN)c1. The molecule has 0 bridgehead atoms. The molecule has 3 N–H and O–H groups in total. The van der Waals surface area contributed by atoms with Crippen molar-refractivity contribution >= 4 is 15.7 Å². The zero-order chi connectivity index (χ0) is 15.5. The van der Waals surface area contributed by atoms with E-state index in [1.807, 2.05) is 31.2 Å². The number of hydrogen-bond donors (Lipinski definition) is 2. The lowest BCUT2D eigenvalue weighted by Gasteiger charge is -2.18. The largest absolute Gasteiger partial charge is 0.321 e. The first kappa shape index (κ1) is 15.4. The number of rotatable bonds is 5. The molecule has 0 radical (unpaired) electrons. The summed E-state index contributed by atoms with van der Waals surface area (Å²) >= 11 is 0. The molecule has 1 aromatic heterocycles. The summed E-state index contributed by atoms with van der Waals surface area (Å²) in [4.78, 5) is 3.93. The maximum absolute atomic E-state index is 12.6. The predicted octanol–water partition coefficient (Wildman–Crippen LogP) is 1.50. The summed E-state index contributed by atoms with van der Waals surface area (Å²) in [5.74, 6) is 5.35. The fourth-order valence-electron chi connectivity index (χ4n) is 2.01. The minimum atomic E-state index is -3.71. The Bertz CT molecular complexity index is 731. The van der Waals surface area contributed by atoms with E-state index < -0.39 is 10.0 Å². The topological polar surface area (TPSA) is 88.3 Å². The molecule has 0 aliphatic heterocycles. The van der Waals surface area contributed by atoms with Gasteiger partial charge in [0.25, 0.3) is 10.0 Å². The van der Waals surface area contributed by atoms with Gasteiger partial charge in [-0.2, -0.15) is 4.31 Å². The monoisotopic (exact) mass is 306 g/mol. The zero-order valence-corrected chi connectivity index (χ0v) is 12.8. The summed E-state index contributed by atoms with van der Waals surface area (Å²) in [5, 5.41) is -0.0809. The first-order valence-electron chi connectivity index (χ1n) is 6.38. The van der Waals surface area contributed by atoms with Crippen molar-refractivity contribution in [3.05, 3.63) is 53.7 Å². The average molecular weight is 306 g/mol. The van der Waals surface area contributed by atoms with E-state index in [-0.39, 0.29) is 17.3 Å². The molecule has 112 valence electrons. The van der Waals surface area contributed by atoms with Crippen LogP contribution < -0.4 is 11.3 Å². The minimum Gasteiger partial charge on any atom is -0.321 e. The number of pyridine rings is 1. The van der Waals surface area contributed by atoms with Crippen molar-refractivity contribution in [2.24, 2.45) is 5.84 Å². The van der Waals surface area contributed by atoms with Crippen LogP contribution in [0.15, 0.2) is 47.6 Å². The molecule has 0 amide bonds. The van der Waals surface area contributed by atoms with Crippen LogP contribution in [0.3, 0.4) is 0 Å². The number of hydrogen-bond acceptors (Lipinski definition) is 5. The number of benzene rings is 1. The Morgan fingerprint density at radius 2 is 2.05 bits per heavy atom. The first-order valence-corrected chi connectivity index (χ1v) is 7.82. The van der Waals surface area contributed by atoms with Gasteiger partial charge in [-0.25, -0.2) is 13.4 Å². The lowest BCUT2D eigenvalue weighted by molar-refractivity contribution is 0.464. The number of sulfonamides is 1. The standard InChI is InChI=1S/C14H18N4O2S/c1-11-5-3-6-12(9-11)10-18(2)21(19,20)14-13(17-15)7-4-8-16-14/h3-9,17H,10,15H2,1-2H3. The van der Waals surface area contributed by atoms with Crippen LogP contribution in [0.1, 0.15) is 11.1 Å². The zero-order valence-electron chi connectivity index (χ0n) is 11.9. The van der Waals surface area contributed by atoms with Crippen LogP contribution in [0.4, 0.5) is 5.69 Å². The number of nitrogens with one attached hydrogen (secondary N) is 1. The van der Waals surface area contributed by atoms with Gasteiger partial charge in [-0.05, 0) is 24.6 Å². The van der Waals surface area contributed by atoms with E-state index in [0.717, 1.165) is 11.1 Å². The molecular weight excluding hydrogens is 288 g/mol. The first-order chi connectivity index (χ1) is 9.95. The molecule has 0 saturated heterocycles. The van der Waals surface area contributed by atoms with Gasteiger partial charge in [0.2, 0.25) is 0 Å². The lowest BCUT2D eigenvalue weighted by Crippen LogP contribution is -2.28. The maximum atomic E-state index is 12.6. The summed E-state index contributed by atoms with van der Waals surface area (Å²) in [7, 11) is -2.19. The van der Waals surface area contributed by atoms with Crippen LogP contribution in [0.25, 0.3) is 0 Å². The third-order valence-corrected chi connectivity index (χ3v) is 4.83. The van der Waals surface area contributed by atoms with E-state index >= 15 is 0 Å². The van der Waals surface area contributed by atoms with Gasteiger partial charge < -0.3 is 5.43 Å². The summed E-state index contributed by atoms with van der Waals surface area (Å²) in [5.41, 5.74) is 4.63. The van der Waals surface area contributed by atoms with Crippen molar-refractivity contribution in [3.8, 4) is 0 Å². The molecule has 2 aromatic rings. The van der Waals surface area contributed by atoms with E-state index in [1.54, 1.807) is 12.1 Å².